The first-order valence-electron chi connectivity index (χ1n) is 14.4. The number of aliphatic hydroxyl groups excluding tert-OH is 1. The average molecular weight is 642 g/mol. The number of piperidine rings is 1. The molecule has 0 radical (unpaired) electrons. The Morgan fingerprint density at radius 2 is 1.37 bits per heavy atom. The van der Waals surface area contributed by atoms with E-state index in [0.717, 1.165) is 56.6 Å². The van der Waals surface area contributed by atoms with Gasteiger partial charge in [0, 0.05) is 67.9 Å². The zero-order chi connectivity index (χ0) is 33.6. The van der Waals surface area contributed by atoms with Gasteiger partial charge in [-0.2, -0.15) is 0 Å². The fourth-order valence-corrected chi connectivity index (χ4v) is 5.26. The minimum atomic E-state index is -1.26. The third kappa shape index (κ3) is 11.9. The first-order valence-corrected chi connectivity index (χ1v) is 14.4. The highest BCUT2D eigenvalue weighted by molar-refractivity contribution is 5.90. The monoisotopic (exact) mass is 641 g/mol. The summed E-state index contributed by atoms with van der Waals surface area (Å²) >= 11 is 0. The highest BCUT2D eigenvalue weighted by Crippen LogP contribution is 2.33. The molecule has 0 amide bonds. The van der Waals surface area contributed by atoms with Crippen molar-refractivity contribution in [2.75, 3.05) is 32.7 Å². The summed E-state index contributed by atoms with van der Waals surface area (Å²) in [6.45, 7) is 5.20. The molecule has 3 aromatic rings. The maximum atomic E-state index is 13.4. The maximum absolute atomic E-state index is 13.4. The van der Waals surface area contributed by atoms with Crippen molar-refractivity contribution in [3.63, 3.8) is 0 Å². The van der Waals surface area contributed by atoms with E-state index in [1.54, 1.807) is 6.07 Å². The normalized spacial score (nSPS) is 16.2. The van der Waals surface area contributed by atoms with Gasteiger partial charge in [-0.05, 0) is 55.6 Å². The standard InChI is InChI=1S/C24H28FN3O2.2C4H4O4/c25-20-5-6-22-23(13-20)26-30-24(22)18-8-10-27(11-9-18)15-21(29)16-28-12-7-17-3-1-2-4-19(17)14-28;2*5-3(6)1-2-4(7)8/h1-6,13,18,21,29H,7-12,14-16H2;2*1-2H,(H,5,6)(H,7,8)/b;2*2-1+. The predicted octanol–water partition coefficient (Wildman–Crippen LogP) is 2.99. The van der Waals surface area contributed by atoms with E-state index in [9.17, 15) is 28.7 Å². The Morgan fingerprint density at radius 1 is 0.826 bits per heavy atom. The molecule has 246 valence electrons. The van der Waals surface area contributed by atoms with E-state index in [2.05, 4.69) is 39.2 Å². The molecule has 0 spiro atoms. The van der Waals surface area contributed by atoms with Gasteiger partial charge in [0.2, 0.25) is 0 Å². The topological polar surface area (TPSA) is 202 Å². The average Bonchev–Trinajstić information content (AvgIpc) is 3.43. The quantitative estimate of drug-likeness (QED) is 0.214. The van der Waals surface area contributed by atoms with Crippen LogP contribution in [0.3, 0.4) is 0 Å². The molecular formula is C32H36FN3O10. The van der Waals surface area contributed by atoms with E-state index in [4.69, 9.17) is 24.9 Å². The maximum Gasteiger partial charge on any atom is 0.328 e. The molecule has 0 bridgehead atoms. The van der Waals surface area contributed by atoms with Gasteiger partial charge in [0.05, 0.1) is 6.10 Å². The molecule has 14 heteroatoms. The third-order valence-corrected chi connectivity index (χ3v) is 7.31. The van der Waals surface area contributed by atoms with Crippen molar-refractivity contribution in [1.29, 1.82) is 0 Å². The van der Waals surface area contributed by atoms with Crippen LogP contribution in [0.4, 0.5) is 4.39 Å². The number of carbonyl (C=O) groups is 4. The fourth-order valence-electron chi connectivity index (χ4n) is 5.26. The molecule has 2 aromatic carbocycles. The summed E-state index contributed by atoms with van der Waals surface area (Å²) in [6.07, 6.45) is 4.87. The highest BCUT2D eigenvalue weighted by atomic mass is 19.1. The molecule has 3 heterocycles. The van der Waals surface area contributed by atoms with Gasteiger partial charge >= 0.3 is 23.9 Å². The van der Waals surface area contributed by atoms with Crippen molar-refractivity contribution in [1.82, 2.24) is 15.0 Å². The number of benzene rings is 2. The lowest BCUT2D eigenvalue weighted by Gasteiger charge is -2.35. The van der Waals surface area contributed by atoms with E-state index >= 15 is 0 Å². The molecule has 1 unspecified atom stereocenters. The number of hydrogen-bond donors (Lipinski definition) is 5. The molecule has 1 saturated heterocycles. The van der Waals surface area contributed by atoms with E-state index in [-0.39, 0.29) is 11.9 Å². The SMILES string of the molecule is O=C(O)/C=C/C(=O)O.O=C(O)/C=C/C(=O)O.OC(CN1CCC(c2onc3cc(F)ccc23)CC1)CN1CCc2ccccc2C1. The molecule has 5 N–H and O–H groups in total. The Balaban J connectivity index is 0.000000299. The Labute approximate surface area is 263 Å². The summed E-state index contributed by atoms with van der Waals surface area (Å²) < 4.78 is 19.0. The highest BCUT2D eigenvalue weighted by Gasteiger charge is 2.27. The second-order valence-corrected chi connectivity index (χ2v) is 10.7. The van der Waals surface area contributed by atoms with Crippen molar-refractivity contribution in [3.8, 4) is 0 Å². The zero-order valence-electron chi connectivity index (χ0n) is 24.9. The Bertz CT molecular complexity index is 1500. The van der Waals surface area contributed by atoms with Crippen LogP contribution in [0.2, 0.25) is 0 Å². The zero-order valence-corrected chi connectivity index (χ0v) is 24.9. The lowest BCUT2D eigenvalue weighted by molar-refractivity contribution is -0.134. The van der Waals surface area contributed by atoms with E-state index in [1.807, 2.05) is 0 Å². The second kappa shape index (κ2) is 17.5. The van der Waals surface area contributed by atoms with Crippen LogP contribution in [0.15, 0.2) is 71.3 Å². The van der Waals surface area contributed by atoms with Gasteiger partial charge < -0.3 is 35.0 Å². The van der Waals surface area contributed by atoms with Crippen LogP contribution in [0.1, 0.15) is 35.6 Å². The summed E-state index contributed by atoms with van der Waals surface area (Å²) in [4.78, 5) is 42.9. The van der Waals surface area contributed by atoms with Gasteiger partial charge in [-0.15, -0.1) is 0 Å². The third-order valence-electron chi connectivity index (χ3n) is 7.31. The summed E-state index contributed by atoms with van der Waals surface area (Å²) in [6, 6.07) is 13.3. The number of carboxylic acid groups (broad SMARTS) is 4. The number of aliphatic carboxylic acids is 4. The molecule has 2 aliphatic rings. The van der Waals surface area contributed by atoms with Crippen molar-refractivity contribution in [2.45, 2.75) is 37.8 Å². The predicted molar refractivity (Wildman–Crippen MR) is 163 cm³/mol. The van der Waals surface area contributed by atoms with Gasteiger partial charge in [-0.25, -0.2) is 23.6 Å². The summed E-state index contributed by atoms with van der Waals surface area (Å²) in [5.41, 5.74) is 3.41. The van der Waals surface area contributed by atoms with Crippen LogP contribution in [-0.4, -0.2) is 103 Å². The van der Waals surface area contributed by atoms with Crippen LogP contribution >= 0.6 is 0 Å². The van der Waals surface area contributed by atoms with Crippen molar-refractivity contribution in [3.05, 3.63) is 89.5 Å². The minimum absolute atomic E-state index is 0.289. The van der Waals surface area contributed by atoms with Gasteiger partial charge in [0.1, 0.15) is 17.1 Å². The van der Waals surface area contributed by atoms with Crippen LogP contribution in [-0.2, 0) is 32.1 Å². The van der Waals surface area contributed by atoms with Crippen LogP contribution in [0.5, 0.6) is 0 Å². The summed E-state index contributed by atoms with van der Waals surface area (Å²) in [5, 5.41) is 46.9. The largest absolute Gasteiger partial charge is 0.478 e. The number of halogens is 1. The van der Waals surface area contributed by atoms with Gasteiger partial charge in [-0.3, -0.25) is 4.90 Å². The molecule has 0 saturated carbocycles. The number of carboxylic acids is 4. The fraction of sp³-hybridized carbons (Fsp3) is 0.344. The molecule has 1 atom stereocenters. The Morgan fingerprint density at radius 3 is 1.93 bits per heavy atom. The number of β-amino-alcohol motifs (C(OH)–C–C–N with tert-alkyl or cyclic N) is 1. The van der Waals surface area contributed by atoms with Gasteiger partial charge in [0.15, 0.2) is 0 Å². The van der Waals surface area contributed by atoms with E-state index in [0.29, 0.717) is 48.8 Å². The number of rotatable bonds is 9. The van der Waals surface area contributed by atoms with Crippen LogP contribution in [0, 0.1) is 5.82 Å². The van der Waals surface area contributed by atoms with Crippen molar-refractivity contribution >= 4 is 34.8 Å². The Hall–Kier alpha value is -4.92. The Kier molecular flexibility index (Phi) is 13.6. The van der Waals surface area contributed by atoms with Gasteiger partial charge in [0.25, 0.3) is 0 Å². The molecule has 2 aliphatic heterocycles. The number of hydrogen-bond acceptors (Lipinski definition) is 9. The van der Waals surface area contributed by atoms with Crippen LogP contribution in [0.25, 0.3) is 10.9 Å². The van der Waals surface area contributed by atoms with Crippen LogP contribution < -0.4 is 0 Å². The number of likely N-dealkylation sites (tertiary alicyclic amines) is 1. The smallest absolute Gasteiger partial charge is 0.328 e. The van der Waals surface area contributed by atoms with E-state index < -0.39 is 23.9 Å². The van der Waals surface area contributed by atoms with Gasteiger partial charge in [-0.1, -0.05) is 29.4 Å². The molecule has 5 rings (SSSR count). The number of nitrogens with zero attached hydrogens (tertiary/aromatic N) is 3. The second-order valence-electron chi connectivity index (χ2n) is 10.7. The first-order chi connectivity index (χ1) is 21.9. The number of aliphatic hydroxyl groups is 1. The molecule has 0 aliphatic carbocycles. The first kappa shape index (κ1) is 35.6. The summed E-state index contributed by atoms with van der Waals surface area (Å²) in [5.74, 6) is -4.15. The number of fused-ring (bicyclic) bond motifs is 2. The van der Waals surface area contributed by atoms with Crippen molar-refractivity contribution < 1.29 is 53.6 Å². The molecular weight excluding hydrogens is 605 g/mol. The summed E-state index contributed by atoms with van der Waals surface area (Å²) in [7, 11) is 0. The molecule has 1 fully saturated rings. The molecule has 13 nitrogen and oxygen atoms in total. The molecule has 46 heavy (non-hydrogen) atoms. The molecule has 1 aromatic heterocycles. The minimum Gasteiger partial charge on any atom is -0.478 e. The lowest BCUT2D eigenvalue weighted by atomic mass is 9.92. The number of aromatic nitrogens is 1. The lowest BCUT2D eigenvalue weighted by Crippen LogP contribution is -2.44. The van der Waals surface area contributed by atoms with E-state index in [1.165, 1.54) is 23.3 Å². The van der Waals surface area contributed by atoms with Crippen molar-refractivity contribution in [2.24, 2.45) is 0 Å².